The van der Waals surface area contributed by atoms with Crippen molar-refractivity contribution >= 4 is 5.97 Å². The molecule has 0 amide bonds. The van der Waals surface area contributed by atoms with Crippen molar-refractivity contribution in [2.45, 2.75) is 45.1 Å². The van der Waals surface area contributed by atoms with Crippen LogP contribution in [-0.2, 0) is 10.2 Å². The Morgan fingerprint density at radius 2 is 1.82 bits per heavy atom. The maximum absolute atomic E-state index is 11.1. The van der Waals surface area contributed by atoms with E-state index in [2.05, 4.69) is 0 Å². The van der Waals surface area contributed by atoms with Crippen LogP contribution < -0.4 is 5.73 Å². The third kappa shape index (κ3) is 2.67. The van der Waals surface area contributed by atoms with Gasteiger partial charge in [0.15, 0.2) is 0 Å². The minimum Gasteiger partial charge on any atom is -0.481 e. The highest BCUT2D eigenvalue weighted by molar-refractivity contribution is 5.69. The summed E-state index contributed by atoms with van der Waals surface area (Å²) in [4.78, 5) is 11.1. The Balaban J connectivity index is 3.35. The molecule has 0 radical (unpaired) electrons. The van der Waals surface area contributed by atoms with Gasteiger partial charge in [-0.15, -0.1) is 0 Å². The highest BCUT2D eigenvalue weighted by Crippen LogP contribution is 2.38. The van der Waals surface area contributed by atoms with E-state index in [1.54, 1.807) is 0 Å². The summed E-state index contributed by atoms with van der Waals surface area (Å²) in [5.74, 6) is -0.825. The van der Waals surface area contributed by atoms with Gasteiger partial charge < -0.3 is 10.8 Å². The van der Waals surface area contributed by atoms with Crippen LogP contribution in [0.25, 0.3) is 0 Å². The average Bonchev–Trinajstić information content (AvgIpc) is 2.15. The lowest BCUT2D eigenvalue weighted by molar-refractivity contribution is -0.139. The van der Waals surface area contributed by atoms with Gasteiger partial charge in [-0.05, 0) is 31.9 Å². The van der Waals surface area contributed by atoms with E-state index in [0.29, 0.717) is 0 Å². The highest BCUT2D eigenvalue weighted by Gasteiger charge is 2.42. The number of nitrogens with two attached hydrogens (primary N) is 1. The lowest BCUT2D eigenvalue weighted by atomic mass is 9.65. The summed E-state index contributed by atoms with van der Waals surface area (Å²) in [6.07, 6.45) is 0.0291. The second kappa shape index (κ2) is 4.49. The number of carboxylic acid groups (broad SMARTS) is 1. The van der Waals surface area contributed by atoms with Crippen LogP contribution in [0.2, 0.25) is 0 Å². The van der Waals surface area contributed by atoms with Crippen molar-refractivity contribution < 1.29 is 9.90 Å². The molecule has 0 aromatic heterocycles. The summed E-state index contributed by atoms with van der Waals surface area (Å²) in [6, 6.07) is 7.83. The van der Waals surface area contributed by atoms with Crippen molar-refractivity contribution in [3.8, 4) is 0 Å². The molecule has 1 rings (SSSR count). The monoisotopic (exact) mass is 235 g/mol. The molecule has 1 aromatic carbocycles. The zero-order valence-corrected chi connectivity index (χ0v) is 10.9. The van der Waals surface area contributed by atoms with Crippen LogP contribution in [0.4, 0.5) is 0 Å². The van der Waals surface area contributed by atoms with E-state index < -0.39 is 16.9 Å². The fraction of sp³-hybridized carbons (Fsp3) is 0.500. The van der Waals surface area contributed by atoms with Crippen LogP contribution in [-0.4, -0.2) is 16.6 Å². The van der Waals surface area contributed by atoms with Crippen molar-refractivity contribution in [3.05, 3.63) is 35.4 Å². The first kappa shape index (κ1) is 13.7. The van der Waals surface area contributed by atoms with E-state index in [9.17, 15) is 4.79 Å². The molecule has 1 atom stereocenters. The largest absolute Gasteiger partial charge is 0.481 e. The summed E-state index contributed by atoms with van der Waals surface area (Å²) in [6.45, 7) is 7.66. The predicted octanol–water partition coefficient (Wildman–Crippen LogP) is 2.46. The number of carbonyl (C=O) groups is 1. The third-order valence-corrected chi connectivity index (χ3v) is 3.67. The van der Waals surface area contributed by atoms with Crippen LogP contribution in [0.15, 0.2) is 24.3 Å². The Hall–Kier alpha value is -1.35. The molecular weight excluding hydrogens is 214 g/mol. The smallest absolute Gasteiger partial charge is 0.304 e. The fourth-order valence-electron chi connectivity index (χ4n) is 2.16. The number of benzene rings is 1. The molecule has 3 heteroatoms. The Morgan fingerprint density at radius 3 is 2.24 bits per heavy atom. The number of carboxylic acids is 1. The van der Waals surface area contributed by atoms with E-state index >= 15 is 0 Å². The van der Waals surface area contributed by atoms with Crippen LogP contribution in [0.3, 0.4) is 0 Å². The number of aliphatic carboxylic acids is 1. The zero-order valence-electron chi connectivity index (χ0n) is 10.9. The lowest BCUT2D eigenvalue weighted by Gasteiger charge is -2.42. The Morgan fingerprint density at radius 1 is 1.29 bits per heavy atom. The van der Waals surface area contributed by atoms with Gasteiger partial charge in [-0.2, -0.15) is 0 Å². The first-order chi connectivity index (χ1) is 7.68. The molecule has 0 saturated carbocycles. The quantitative estimate of drug-likeness (QED) is 0.842. The van der Waals surface area contributed by atoms with E-state index in [1.165, 1.54) is 0 Å². The molecule has 0 bridgehead atoms. The molecule has 0 aliphatic carbocycles. The van der Waals surface area contributed by atoms with Crippen LogP contribution >= 0.6 is 0 Å². The molecule has 3 nitrogen and oxygen atoms in total. The van der Waals surface area contributed by atoms with Gasteiger partial charge in [-0.25, -0.2) is 0 Å². The maximum Gasteiger partial charge on any atom is 0.304 e. The van der Waals surface area contributed by atoms with Crippen LogP contribution in [0, 0.1) is 6.92 Å². The first-order valence-corrected chi connectivity index (χ1v) is 5.75. The van der Waals surface area contributed by atoms with Crippen molar-refractivity contribution in [2.24, 2.45) is 5.73 Å². The van der Waals surface area contributed by atoms with Gasteiger partial charge in [0.1, 0.15) is 0 Å². The Labute approximate surface area is 103 Å². The maximum atomic E-state index is 11.1. The second-order valence-corrected chi connectivity index (χ2v) is 5.44. The second-order valence-electron chi connectivity index (χ2n) is 5.44. The van der Waals surface area contributed by atoms with Gasteiger partial charge in [0.05, 0.1) is 6.42 Å². The van der Waals surface area contributed by atoms with Crippen LogP contribution in [0.5, 0.6) is 0 Å². The minimum absolute atomic E-state index is 0.0291. The van der Waals surface area contributed by atoms with Gasteiger partial charge in [0.2, 0.25) is 0 Å². The molecule has 0 heterocycles. The summed E-state index contributed by atoms with van der Waals surface area (Å²) >= 11 is 0. The third-order valence-electron chi connectivity index (χ3n) is 3.67. The normalized spacial score (nSPS) is 15.4. The van der Waals surface area contributed by atoms with E-state index in [-0.39, 0.29) is 6.42 Å². The Bertz CT molecular complexity index is 420. The summed E-state index contributed by atoms with van der Waals surface area (Å²) in [5.41, 5.74) is 7.11. The minimum atomic E-state index is -0.825. The van der Waals surface area contributed by atoms with Crippen molar-refractivity contribution in [1.82, 2.24) is 0 Å². The van der Waals surface area contributed by atoms with E-state index in [0.717, 1.165) is 11.1 Å². The molecule has 17 heavy (non-hydrogen) atoms. The predicted molar refractivity (Wildman–Crippen MR) is 69.1 cm³/mol. The molecule has 94 valence electrons. The summed E-state index contributed by atoms with van der Waals surface area (Å²) in [7, 11) is 0. The topological polar surface area (TPSA) is 63.3 Å². The molecular formula is C14H21NO2. The SMILES string of the molecule is Cc1ccccc1C(C)(CC(=O)O)C(C)(C)N. The highest BCUT2D eigenvalue weighted by atomic mass is 16.4. The lowest BCUT2D eigenvalue weighted by Crippen LogP contribution is -2.53. The number of aryl methyl sites for hydroxylation is 1. The molecule has 1 unspecified atom stereocenters. The van der Waals surface area contributed by atoms with E-state index in [4.69, 9.17) is 10.8 Å². The standard InChI is InChI=1S/C14H21NO2/c1-10-7-5-6-8-11(10)14(4,9-12(16)17)13(2,3)15/h5-8H,9,15H2,1-4H3,(H,16,17). The number of rotatable bonds is 4. The molecule has 0 fully saturated rings. The van der Waals surface area contributed by atoms with Gasteiger partial charge in [0.25, 0.3) is 0 Å². The van der Waals surface area contributed by atoms with Gasteiger partial charge in [0, 0.05) is 11.0 Å². The van der Waals surface area contributed by atoms with Crippen LogP contribution in [0.1, 0.15) is 38.3 Å². The molecule has 0 spiro atoms. The van der Waals surface area contributed by atoms with Gasteiger partial charge in [-0.3, -0.25) is 4.79 Å². The van der Waals surface area contributed by atoms with E-state index in [1.807, 2.05) is 52.0 Å². The molecule has 0 aliphatic heterocycles. The van der Waals surface area contributed by atoms with Crippen molar-refractivity contribution in [3.63, 3.8) is 0 Å². The first-order valence-electron chi connectivity index (χ1n) is 5.75. The summed E-state index contributed by atoms with van der Waals surface area (Å²) in [5, 5.41) is 9.11. The van der Waals surface area contributed by atoms with Crippen molar-refractivity contribution in [1.29, 1.82) is 0 Å². The number of hydrogen-bond donors (Lipinski definition) is 2. The fourth-order valence-corrected chi connectivity index (χ4v) is 2.16. The van der Waals surface area contributed by atoms with Crippen molar-refractivity contribution in [2.75, 3.05) is 0 Å². The summed E-state index contributed by atoms with van der Waals surface area (Å²) < 4.78 is 0. The molecule has 0 aliphatic rings. The Kier molecular flexibility index (Phi) is 3.62. The molecule has 3 N–H and O–H groups in total. The average molecular weight is 235 g/mol. The van der Waals surface area contributed by atoms with Gasteiger partial charge in [-0.1, -0.05) is 31.2 Å². The molecule has 0 saturated heterocycles. The van der Waals surface area contributed by atoms with Gasteiger partial charge >= 0.3 is 5.97 Å². The zero-order chi connectivity index (χ0) is 13.3. The molecule has 1 aromatic rings. The number of hydrogen-bond acceptors (Lipinski definition) is 2.